The number of nitrogens with one attached hydrogen (secondary N) is 1. The molecule has 9 nitrogen and oxygen atoms in total. The zero-order valence-corrected chi connectivity index (χ0v) is 24.2. The molecule has 3 atom stereocenters. The van der Waals surface area contributed by atoms with Crippen molar-refractivity contribution in [1.29, 1.82) is 0 Å². The van der Waals surface area contributed by atoms with Gasteiger partial charge in [0.1, 0.15) is 28.9 Å². The molecule has 1 aliphatic rings. The van der Waals surface area contributed by atoms with E-state index in [0.717, 1.165) is 16.7 Å². The fourth-order valence-electron chi connectivity index (χ4n) is 5.63. The van der Waals surface area contributed by atoms with E-state index in [2.05, 4.69) is 4.98 Å². The minimum absolute atomic E-state index is 0.00516. The van der Waals surface area contributed by atoms with Gasteiger partial charge in [-0.1, -0.05) is 61.5 Å². The van der Waals surface area contributed by atoms with Crippen molar-refractivity contribution in [1.82, 2.24) is 9.55 Å². The Balaban J connectivity index is 1.60. The zero-order valence-electron chi connectivity index (χ0n) is 24.2. The van der Waals surface area contributed by atoms with E-state index in [9.17, 15) is 14.7 Å². The molecule has 1 aromatic heterocycles. The van der Waals surface area contributed by atoms with E-state index >= 15 is 0 Å². The molecule has 1 aliphatic heterocycles. The summed E-state index contributed by atoms with van der Waals surface area (Å²) in [6.45, 7) is 3.54. The van der Waals surface area contributed by atoms with E-state index in [0.29, 0.717) is 23.5 Å². The molecule has 4 aromatic rings. The Morgan fingerprint density at radius 3 is 2.00 bits per heavy atom. The molecular weight excluding hydrogens is 536 g/mol. The maximum absolute atomic E-state index is 12.7. The van der Waals surface area contributed by atoms with Crippen LogP contribution < -0.4 is 20.7 Å². The number of aromatic amines is 1. The summed E-state index contributed by atoms with van der Waals surface area (Å²) in [7, 11) is 3.24. The SMILES string of the molecule is CC[C@]1(COC(c2ccccc2)(c2ccc(OC)cc2)c2ccc(OC)cc2)O[C@@H](n2cc(C)c(=O)[nH]c2=O)C[C@@H]1O. The molecule has 5 rings (SSSR count). The van der Waals surface area contributed by atoms with Crippen LogP contribution in [0, 0.1) is 6.92 Å². The van der Waals surface area contributed by atoms with Crippen molar-refractivity contribution in [2.45, 2.75) is 50.2 Å². The Bertz CT molecular complexity index is 1570. The van der Waals surface area contributed by atoms with Crippen molar-refractivity contribution < 1.29 is 24.1 Å². The third-order valence-corrected chi connectivity index (χ3v) is 8.16. The van der Waals surface area contributed by atoms with Gasteiger partial charge in [0.25, 0.3) is 5.56 Å². The highest BCUT2D eigenvalue weighted by Crippen LogP contribution is 2.45. The minimum atomic E-state index is -1.13. The number of hydrogen-bond acceptors (Lipinski definition) is 7. The molecular formula is C33H36N2O7. The number of aliphatic hydroxyl groups excluding tert-OH is 1. The van der Waals surface area contributed by atoms with Crippen molar-refractivity contribution >= 4 is 0 Å². The maximum Gasteiger partial charge on any atom is 0.330 e. The number of hydrogen-bond donors (Lipinski definition) is 2. The molecule has 1 saturated heterocycles. The van der Waals surface area contributed by atoms with Gasteiger partial charge in [-0.25, -0.2) is 4.79 Å². The molecule has 0 amide bonds. The highest BCUT2D eigenvalue weighted by molar-refractivity contribution is 5.49. The van der Waals surface area contributed by atoms with Crippen molar-refractivity contribution in [3.8, 4) is 11.5 Å². The van der Waals surface area contributed by atoms with Gasteiger partial charge >= 0.3 is 5.69 Å². The smallest absolute Gasteiger partial charge is 0.330 e. The quantitative estimate of drug-likeness (QED) is 0.273. The predicted octanol–water partition coefficient (Wildman–Crippen LogP) is 4.30. The van der Waals surface area contributed by atoms with Crippen LogP contribution >= 0.6 is 0 Å². The number of nitrogens with zero attached hydrogens (tertiary/aromatic N) is 1. The monoisotopic (exact) mass is 572 g/mol. The summed E-state index contributed by atoms with van der Waals surface area (Å²) >= 11 is 0. The van der Waals surface area contributed by atoms with E-state index in [1.807, 2.05) is 85.8 Å². The lowest BCUT2D eigenvalue weighted by atomic mass is 9.79. The molecule has 0 bridgehead atoms. The van der Waals surface area contributed by atoms with E-state index < -0.39 is 34.8 Å². The maximum atomic E-state index is 12.7. The number of aromatic nitrogens is 2. The number of rotatable bonds is 10. The van der Waals surface area contributed by atoms with E-state index in [-0.39, 0.29) is 13.0 Å². The highest BCUT2D eigenvalue weighted by Gasteiger charge is 2.50. The number of aryl methyl sites for hydroxylation is 1. The summed E-state index contributed by atoms with van der Waals surface area (Å²) < 4.78 is 25.7. The predicted molar refractivity (Wildman–Crippen MR) is 158 cm³/mol. The van der Waals surface area contributed by atoms with Gasteiger partial charge in [-0.05, 0) is 54.3 Å². The standard InChI is InChI=1S/C33H36N2O7/c1-5-32(28(36)19-29(42-32)35-20-22(2)30(37)34-31(35)38)21-41-33(23-9-7-6-8-10-23,24-11-15-26(39-3)16-12-24)25-13-17-27(40-4)18-14-25/h6-18,20,28-29,36H,5,19,21H2,1-4H3,(H,34,37,38)/t28-,29+,32+/m0/s1. The van der Waals surface area contributed by atoms with Crippen LogP contribution in [0.1, 0.15) is 48.2 Å². The van der Waals surface area contributed by atoms with Crippen LogP contribution in [0.25, 0.3) is 0 Å². The van der Waals surface area contributed by atoms with Crippen LogP contribution in [0.4, 0.5) is 0 Å². The van der Waals surface area contributed by atoms with E-state index in [1.54, 1.807) is 21.1 Å². The zero-order chi connectivity index (χ0) is 29.9. The van der Waals surface area contributed by atoms with Gasteiger partial charge in [-0.3, -0.25) is 14.3 Å². The topological polar surface area (TPSA) is 112 Å². The summed E-state index contributed by atoms with van der Waals surface area (Å²) in [6, 6.07) is 25.3. The molecule has 0 aliphatic carbocycles. The molecule has 1 fully saturated rings. The molecule has 0 radical (unpaired) electrons. The molecule has 9 heteroatoms. The van der Waals surface area contributed by atoms with E-state index in [4.69, 9.17) is 18.9 Å². The highest BCUT2D eigenvalue weighted by atomic mass is 16.6. The lowest BCUT2D eigenvalue weighted by molar-refractivity contribution is -0.162. The number of H-pyrrole nitrogens is 1. The lowest BCUT2D eigenvalue weighted by Crippen LogP contribution is -2.47. The fourth-order valence-corrected chi connectivity index (χ4v) is 5.63. The Kier molecular flexibility index (Phi) is 8.36. The second-order valence-corrected chi connectivity index (χ2v) is 10.5. The first-order valence-electron chi connectivity index (χ1n) is 13.9. The molecule has 2 N–H and O–H groups in total. The van der Waals surface area contributed by atoms with Crippen LogP contribution in [0.5, 0.6) is 11.5 Å². The summed E-state index contributed by atoms with van der Waals surface area (Å²) in [5, 5.41) is 11.4. The third kappa shape index (κ3) is 5.27. The van der Waals surface area contributed by atoms with Crippen LogP contribution in [0.15, 0.2) is 94.6 Å². The van der Waals surface area contributed by atoms with E-state index in [1.165, 1.54) is 10.8 Å². The average Bonchev–Trinajstić information content (AvgIpc) is 3.36. The van der Waals surface area contributed by atoms with Gasteiger partial charge in [0.05, 0.1) is 26.9 Å². The van der Waals surface area contributed by atoms with Gasteiger partial charge in [0, 0.05) is 18.2 Å². The van der Waals surface area contributed by atoms with Crippen molar-refractivity contribution in [3.05, 3.63) is 128 Å². The summed E-state index contributed by atoms with van der Waals surface area (Å²) in [4.78, 5) is 26.9. The fraction of sp³-hybridized carbons (Fsp3) is 0.333. The Morgan fingerprint density at radius 1 is 0.929 bits per heavy atom. The van der Waals surface area contributed by atoms with Crippen molar-refractivity contribution in [2.75, 3.05) is 20.8 Å². The van der Waals surface area contributed by atoms with Gasteiger partial charge in [-0.15, -0.1) is 0 Å². The average molecular weight is 573 g/mol. The molecule has 0 saturated carbocycles. The molecule has 3 aromatic carbocycles. The Morgan fingerprint density at radius 2 is 1.48 bits per heavy atom. The van der Waals surface area contributed by atoms with Crippen molar-refractivity contribution in [3.63, 3.8) is 0 Å². The molecule has 0 spiro atoms. The Labute approximate surface area is 244 Å². The number of ether oxygens (including phenoxy) is 4. The first kappa shape index (κ1) is 29.3. The molecule has 0 unspecified atom stereocenters. The molecule has 42 heavy (non-hydrogen) atoms. The van der Waals surface area contributed by atoms with Crippen LogP contribution in [0.3, 0.4) is 0 Å². The largest absolute Gasteiger partial charge is 0.497 e. The minimum Gasteiger partial charge on any atom is -0.497 e. The summed E-state index contributed by atoms with van der Waals surface area (Å²) in [5.41, 5.74) is -0.327. The number of aliphatic hydroxyl groups is 1. The number of methoxy groups -OCH3 is 2. The normalized spacial score (nSPS) is 20.4. The van der Waals surface area contributed by atoms with Crippen LogP contribution in [-0.4, -0.2) is 47.2 Å². The summed E-state index contributed by atoms with van der Waals surface area (Å²) in [5.74, 6) is 1.42. The first-order chi connectivity index (χ1) is 20.3. The second kappa shape index (κ2) is 12.0. The van der Waals surface area contributed by atoms with Crippen molar-refractivity contribution in [2.24, 2.45) is 0 Å². The lowest BCUT2D eigenvalue weighted by Gasteiger charge is -2.40. The molecule has 220 valence electrons. The van der Waals surface area contributed by atoms with Gasteiger partial charge in [-0.2, -0.15) is 0 Å². The van der Waals surface area contributed by atoms with Gasteiger partial charge in [0.15, 0.2) is 0 Å². The second-order valence-electron chi connectivity index (χ2n) is 10.5. The first-order valence-corrected chi connectivity index (χ1v) is 13.9. The summed E-state index contributed by atoms with van der Waals surface area (Å²) in [6.07, 6.45) is 0.323. The van der Waals surface area contributed by atoms with Gasteiger partial charge < -0.3 is 24.1 Å². The van der Waals surface area contributed by atoms with Crippen LogP contribution in [0.2, 0.25) is 0 Å². The number of benzene rings is 3. The van der Waals surface area contributed by atoms with Crippen LogP contribution in [-0.2, 0) is 15.1 Å². The third-order valence-electron chi connectivity index (χ3n) is 8.16. The molecule has 2 heterocycles. The van der Waals surface area contributed by atoms with Gasteiger partial charge in [0.2, 0.25) is 0 Å². The Hall–Kier alpha value is -4.18.